The summed E-state index contributed by atoms with van der Waals surface area (Å²) in [6.45, 7) is 0. The Labute approximate surface area is 114 Å². The Morgan fingerprint density at radius 2 is 1.68 bits per heavy atom. The lowest BCUT2D eigenvalue weighted by molar-refractivity contribution is 0.347. The van der Waals surface area contributed by atoms with Crippen LogP contribution in [0.5, 0.6) is 0 Å². The van der Waals surface area contributed by atoms with Gasteiger partial charge in [0.25, 0.3) is 0 Å². The fourth-order valence-electron chi connectivity index (χ4n) is 4.04. The molecule has 19 heavy (non-hydrogen) atoms. The van der Waals surface area contributed by atoms with Gasteiger partial charge < -0.3 is 0 Å². The minimum atomic E-state index is 0.305. The summed E-state index contributed by atoms with van der Waals surface area (Å²) in [5.41, 5.74) is 4.46. The smallest absolute Gasteiger partial charge is 0.0494 e. The summed E-state index contributed by atoms with van der Waals surface area (Å²) < 4.78 is 0. The topological polar surface area (TPSA) is 38.0 Å². The van der Waals surface area contributed by atoms with Crippen molar-refractivity contribution in [2.24, 2.45) is 23.6 Å². The van der Waals surface area contributed by atoms with Gasteiger partial charge in [0.2, 0.25) is 0 Å². The van der Waals surface area contributed by atoms with Crippen molar-refractivity contribution in [1.29, 1.82) is 0 Å². The summed E-state index contributed by atoms with van der Waals surface area (Å²) >= 11 is 0. The van der Waals surface area contributed by atoms with Gasteiger partial charge in [-0.05, 0) is 53.4 Å². The minimum absolute atomic E-state index is 0.305. The number of hydrazine groups is 1. The van der Waals surface area contributed by atoms with E-state index in [9.17, 15) is 0 Å². The first kappa shape index (κ1) is 11.4. The number of nitrogens with two attached hydrogens (primary N) is 1. The maximum Gasteiger partial charge on any atom is 0.0494 e. The molecule has 2 aromatic carbocycles. The van der Waals surface area contributed by atoms with Crippen LogP contribution < -0.4 is 11.3 Å². The molecule has 2 heteroatoms. The number of benzene rings is 2. The van der Waals surface area contributed by atoms with Crippen LogP contribution in [0.15, 0.2) is 42.5 Å². The Morgan fingerprint density at radius 3 is 2.47 bits per heavy atom. The molecule has 98 valence electrons. The van der Waals surface area contributed by atoms with Crippen LogP contribution in [-0.2, 0) is 0 Å². The summed E-state index contributed by atoms with van der Waals surface area (Å²) in [6, 6.07) is 15.5. The molecule has 0 spiro atoms. The highest BCUT2D eigenvalue weighted by Gasteiger charge is 2.48. The zero-order valence-corrected chi connectivity index (χ0v) is 11.0. The van der Waals surface area contributed by atoms with Gasteiger partial charge in [-0.3, -0.25) is 11.3 Å². The molecular weight excluding hydrogens is 232 g/mol. The van der Waals surface area contributed by atoms with Crippen molar-refractivity contribution >= 4 is 10.8 Å². The van der Waals surface area contributed by atoms with E-state index in [0.717, 1.165) is 11.8 Å². The van der Waals surface area contributed by atoms with Crippen molar-refractivity contribution in [2.45, 2.75) is 25.3 Å². The van der Waals surface area contributed by atoms with E-state index < -0.39 is 0 Å². The van der Waals surface area contributed by atoms with E-state index >= 15 is 0 Å². The van der Waals surface area contributed by atoms with Crippen LogP contribution in [-0.4, -0.2) is 0 Å². The maximum absolute atomic E-state index is 5.89. The summed E-state index contributed by atoms with van der Waals surface area (Å²) in [4.78, 5) is 0. The second-order valence-corrected chi connectivity index (χ2v) is 6.20. The van der Waals surface area contributed by atoms with Crippen molar-refractivity contribution in [3.63, 3.8) is 0 Å². The molecule has 0 bridgehead atoms. The quantitative estimate of drug-likeness (QED) is 0.649. The molecule has 0 saturated heterocycles. The third-order valence-corrected chi connectivity index (χ3v) is 5.09. The molecule has 2 saturated carbocycles. The molecule has 0 aliphatic heterocycles. The largest absolute Gasteiger partial charge is 0.271 e. The van der Waals surface area contributed by atoms with E-state index in [1.54, 1.807) is 0 Å². The van der Waals surface area contributed by atoms with Crippen LogP contribution in [0.3, 0.4) is 0 Å². The van der Waals surface area contributed by atoms with Crippen LogP contribution in [0.1, 0.15) is 30.9 Å². The second kappa shape index (κ2) is 4.32. The van der Waals surface area contributed by atoms with Crippen molar-refractivity contribution in [3.05, 3.63) is 48.0 Å². The van der Waals surface area contributed by atoms with Crippen molar-refractivity contribution < 1.29 is 0 Å². The molecule has 4 rings (SSSR count). The molecule has 0 aromatic heterocycles. The first-order valence-electron chi connectivity index (χ1n) is 7.30. The van der Waals surface area contributed by atoms with Gasteiger partial charge in [0.15, 0.2) is 0 Å². The first-order chi connectivity index (χ1) is 9.36. The fourth-order valence-corrected chi connectivity index (χ4v) is 4.04. The molecular formula is C17H20N2. The number of hydrogen-bond acceptors (Lipinski definition) is 2. The van der Waals surface area contributed by atoms with Gasteiger partial charge in [0.05, 0.1) is 0 Å². The predicted molar refractivity (Wildman–Crippen MR) is 78.3 cm³/mol. The average molecular weight is 252 g/mol. The Kier molecular flexibility index (Phi) is 2.61. The monoisotopic (exact) mass is 252 g/mol. The van der Waals surface area contributed by atoms with Gasteiger partial charge in [-0.1, -0.05) is 42.5 Å². The Hall–Kier alpha value is -1.38. The normalized spacial score (nSPS) is 30.3. The maximum atomic E-state index is 5.89. The van der Waals surface area contributed by atoms with E-state index in [-0.39, 0.29) is 0 Å². The molecule has 0 radical (unpaired) electrons. The van der Waals surface area contributed by atoms with Crippen molar-refractivity contribution in [1.82, 2.24) is 5.43 Å². The van der Waals surface area contributed by atoms with Gasteiger partial charge in [0.1, 0.15) is 0 Å². The molecule has 3 unspecified atom stereocenters. The van der Waals surface area contributed by atoms with E-state index in [4.69, 9.17) is 5.84 Å². The highest BCUT2D eigenvalue weighted by molar-refractivity contribution is 5.86. The highest BCUT2D eigenvalue weighted by atomic mass is 15.2. The van der Waals surface area contributed by atoms with Crippen molar-refractivity contribution in [3.8, 4) is 0 Å². The third kappa shape index (κ3) is 1.87. The predicted octanol–water partition coefficient (Wildman–Crippen LogP) is 3.39. The van der Waals surface area contributed by atoms with Crippen LogP contribution in [0, 0.1) is 17.8 Å². The molecule has 0 amide bonds. The number of hydrogen-bond donors (Lipinski definition) is 2. The zero-order chi connectivity index (χ0) is 12.8. The van der Waals surface area contributed by atoms with E-state index in [2.05, 4.69) is 47.9 Å². The number of nitrogens with one attached hydrogen (secondary N) is 1. The zero-order valence-electron chi connectivity index (χ0n) is 11.0. The number of rotatable bonds is 3. The van der Waals surface area contributed by atoms with Gasteiger partial charge in [-0.2, -0.15) is 0 Å². The Balaban J connectivity index is 1.74. The van der Waals surface area contributed by atoms with E-state index in [0.29, 0.717) is 12.0 Å². The van der Waals surface area contributed by atoms with Crippen molar-refractivity contribution in [2.75, 3.05) is 0 Å². The van der Waals surface area contributed by atoms with Crippen LogP contribution in [0.4, 0.5) is 0 Å². The molecule has 2 aliphatic carbocycles. The average Bonchev–Trinajstić information content (AvgIpc) is 3.07. The summed E-state index contributed by atoms with van der Waals surface area (Å²) in [5, 5.41) is 2.65. The summed E-state index contributed by atoms with van der Waals surface area (Å²) in [7, 11) is 0. The van der Waals surface area contributed by atoms with Crippen LogP contribution in [0.25, 0.3) is 10.8 Å². The van der Waals surface area contributed by atoms with Gasteiger partial charge in [-0.15, -0.1) is 0 Å². The van der Waals surface area contributed by atoms with E-state index in [1.165, 1.54) is 35.6 Å². The fraction of sp³-hybridized carbons (Fsp3) is 0.412. The molecule has 0 heterocycles. The second-order valence-electron chi connectivity index (χ2n) is 6.20. The SMILES string of the molecule is NNC(c1cccc2ccccc12)C1CC2CC2C1. The van der Waals surface area contributed by atoms with Gasteiger partial charge in [0, 0.05) is 6.04 Å². The lowest BCUT2D eigenvalue weighted by Crippen LogP contribution is -2.33. The molecule has 2 aromatic rings. The first-order valence-corrected chi connectivity index (χ1v) is 7.30. The minimum Gasteiger partial charge on any atom is -0.271 e. The summed E-state index contributed by atoms with van der Waals surface area (Å²) in [5.74, 6) is 8.59. The molecule has 2 nitrogen and oxygen atoms in total. The lowest BCUT2D eigenvalue weighted by Gasteiger charge is -2.25. The van der Waals surface area contributed by atoms with E-state index in [1.807, 2.05) is 0 Å². The van der Waals surface area contributed by atoms with Gasteiger partial charge >= 0.3 is 0 Å². The molecule has 2 fully saturated rings. The standard InChI is InChI=1S/C17H20N2/c18-19-17(14-9-12-8-13(12)10-14)16-7-3-5-11-4-1-2-6-15(11)16/h1-7,12-14,17,19H,8-10,18H2. The molecule has 2 aliphatic rings. The number of fused-ring (bicyclic) bond motifs is 2. The highest BCUT2D eigenvalue weighted by Crippen LogP contribution is 2.57. The lowest BCUT2D eigenvalue weighted by atomic mass is 9.87. The Morgan fingerprint density at radius 1 is 0.947 bits per heavy atom. The molecule has 3 N–H and O–H groups in total. The third-order valence-electron chi connectivity index (χ3n) is 5.09. The van der Waals surface area contributed by atoms with Crippen LogP contribution in [0.2, 0.25) is 0 Å². The summed E-state index contributed by atoms with van der Waals surface area (Å²) in [6.07, 6.45) is 4.16. The van der Waals surface area contributed by atoms with Crippen LogP contribution >= 0.6 is 0 Å². The molecule has 3 atom stereocenters. The Bertz CT molecular complexity index is 592. The van der Waals surface area contributed by atoms with Gasteiger partial charge in [-0.25, -0.2) is 0 Å².